The fourth-order valence-corrected chi connectivity index (χ4v) is 2.51. The van der Waals surface area contributed by atoms with Crippen LogP contribution in [0.2, 0.25) is 0 Å². The molecule has 0 aliphatic heterocycles. The van der Waals surface area contributed by atoms with Crippen molar-refractivity contribution in [3.8, 4) is 17.2 Å². The zero-order chi connectivity index (χ0) is 17.8. The smallest absolute Gasteiger partial charge is 0.129 e. The average molecular weight is 342 g/mol. The second-order valence-electron chi connectivity index (χ2n) is 4.37. The number of aromatic hydroxyl groups is 3. The maximum absolute atomic E-state index is 9.56. The Kier molecular flexibility index (Phi) is 8.57. The number of hydrogen-bond acceptors (Lipinski definition) is 5. The standard InChI is InChI=1S/C12H10O2S.C6H6O.CH2O/c13-9-5-1-3-7-11(9)15-12-8-4-2-6-10(12)14;7-6-4-2-1-3-5-6;1-2/h1-8,13-14H;1-5,7H;1H2. The lowest BCUT2D eigenvalue weighted by Crippen LogP contribution is -1.75. The summed E-state index contributed by atoms with van der Waals surface area (Å²) in [7, 11) is 0. The molecule has 0 amide bonds. The van der Waals surface area contributed by atoms with E-state index in [1.54, 1.807) is 48.5 Å². The SMILES string of the molecule is C=O.Oc1ccccc1.Oc1ccccc1Sc1ccccc1O. The summed E-state index contributed by atoms with van der Waals surface area (Å²) in [6, 6.07) is 22.8. The molecule has 24 heavy (non-hydrogen) atoms. The van der Waals surface area contributed by atoms with Gasteiger partial charge in [-0.05, 0) is 36.4 Å². The van der Waals surface area contributed by atoms with E-state index < -0.39 is 0 Å². The lowest BCUT2D eigenvalue weighted by molar-refractivity contribution is -0.0979. The predicted molar refractivity (Wildman–Crippen MR) is 95.6 cm³/mol. The van der Waals surface area contributed by atoms with Gasteiger partial charge in [0.25, 0.3) is 0 Å². The molecule has 0 aromatic heterocycles. The summed E-state index contributed by atoms with van der Waals surface area (Å²) >= 11 is 1.34. The fourth-order valence-electron chi connectivity index (χ4n) is 1.63. The highest BCUT2D eigenvalue weighted by atomic mass is 32.2. The van der Waals surface area contributed by atoms with Gasteiger partial charge < -0.3 is 20.1 Å². The molecule has 0 fully saturated rings. The van der Waals surface area contributed by atoms with Crippen LogP contribution >= 0.6 is 11.8 Å². The van der Waals surface area contributed by atoms with Crippen LogP contribution in [0.3, 0.4) is 0 Å². The lowest BCUT2D eigenvalue weighted by atomic mass is 10.3. The van der Waals surface area contributed by atoms with Crippen molar-refractivity contribution in [1.29, 1.82) is 0 Å². The first-order chi connectivity index (χ1) is 11.7. The van der Waals surface area contributed by atoms with Crippen molar-refractivity contribution in [2.75, 3.05) is 0 Å². The van der Waals surface area contributed by atoms with Crippen LogP contribution in [0.25, 0.3) is 0 Å². The molecule has 3 aromatic rings. The van der Waals surface area contributed by atoms with Crippen molar-refractivity contribution in [1.82, 2.24) is 0 Å². The van der Waals surface area contributed by atoms with Crippen molar-refractivity contribution >= 4 is 18.6 Å². The molecular weight excluding hydrogens is 324 g/mol. The highest BCUT2D eigenvalue weighted by molar-refractivity contribution is 7.99. The Morgan fingerprint density at radius 1 is 0.583 bits per heavy atom. The number of rotatable bonds is 2. The van der Waals surface area contributed by atoms with Gasteiger partial charge in [-0.1, -0.05) is 54.2 Å². The minimum absolute atomic E-state index is 0.228. The molecule has 0 heterocycles. The van der Waals surface area contributed by atoms with Gasteiger partial charge in [-0.2, -0.15) is 0 Å². The quantitative estimate of drug-likeness (QED) is 0.641. The van der Waals surface area contributed by atoms with Crippen molar-refractivity contribution in [2.24, 2.45) is 0 Å². The lowest BCUT2D eigenvalue weighted by Gasteiger charge is -2.05. The van der Waals surface area contributed by atoms with Crippen molar-refractivity contribution in [3.05, 3.63) is 78.9 Å². The number of phenols is 3. The van der Waals surface area contributed by atoms with Crippen LogP contribution in [0.15, 0.2) is 88.7 Å². The van der Waals surface area contributed by atoms with Crippen molar-refractivity contribution in [3.63, 3.8) is 0 Å². The Labute approximate surface area is 145 Å². The second-order valence-corrected chi connectivity index (χ2v) is 5.46. The molecule has 3 rings (SSSR count). The predicted octanol–water partition coefficient (Wildman–Crippen LogP) is 4.46. The van der Waals surface area contributed by atoms with Gasteiger partial charge in [0.05, 0.1) is 9.79 Å². The summed E-state index contributed by atoms with van der Waals surface area (Å²) in [6.07, 6.45) is 0. The van der Waals surface area contributed by atoms with Crippen LogP contribution in [0.4, 0.5) is 0 Å². The topological polar surface area (TPSA) is 77.8 Å². The van der Waals surface area contributed by atoms with Gasteiger partial charge in [0.15, 0.2) is 0 Å². The van der Waals surface area contributed by atoms with E-state index in [-0.39, 0.29) is 11.5 Å². The first-order valence-electron chi connectivity index (χ1n) is 6.93. The zero-order valence-electron chi connectivity index (χ0n) is 12.9. The summed E-state index contributed by atoms with van der Waals surface area (Å²) in [5.41, 5.74) is 0. The van der Waals surface area contributed by atoms with E-state index >= 15 is 0 Å². The first kappa shape index (κ1) is 19.1. The number of para-hydroxylation sites is 3. The van der Waals surface area contributed by atoms with E-state index in [0.717, 1.165) is 9.79 Å². The Hall–Kier alpha value is -2.92. The molecule has 0 spiro atoms. The van der Waals surface area contributed by atoms with Crippen LogP contribution < -0.4 is 0 Å². The molecule has 5 heteroatoms. The number of hydrogen-bond donors (Lipinski definition) is 3. The number of benzene rings is 3. The molecule has 0 radical (unpaired) electrons. The van der Waals surface area contributed by atoms with E-state index in [4.69, 9.17) is 9.90 Å². The van der Waals surface area contributed by atoms with E-state index in [0.29, 0.717) is 5.75 Å². The van der Waals surface area contributed by atoms with Gasteiger partial charge in [-0.25, -0.2) is 0 Å². The van der Waals surface area contributed by atoms with E-state index in [1.807, 2.05) is 37.1 Å². The van der Waals surface area contributed by atoms with Crippen LogP contribution in [0, 0.1) is 0 Å². The third kappa shape index (κ3) is 6.46. The normalized spacial score (nSPS) is 9.00. The third-order valence-electron chi connectivity index (χ3n) is 2.71. The Morgan fingerprint density at radius 3 is 1.29 bits per heavy atom. The van der Waals surface area contributed by atoms with Crippen LogP contribution in [0.5, 0.6) is 17.2 Å². The van der Waals surface area contributed by atoms with Crippen LogP contribution in [-0.2, 0) is 4.79 Å². The van der Waals surface area contributed by atoms with Gasteiger partial charge in [0.1, 0.15) is 24.0 Å². The molecule has 0 aliphatic rings. The summed E-state index contributed by atoms with van der Waals surface area (Å²) in [4.78, 5) is 9.47. The number of carbonyl (C=O) groups is 1. The highest BCUT2D eigenvalue weighted by Crippen LogP contribution is 2.37. The molecule has 0 saturated carbocycles. The Bertz CT molecular complexity index is 689. The molecule has 124 valence electrons. The Morgan fingerprint density at radius 2 is 0.958 bits per heavy atom. The molecule has 0 saturated heterocycles. The molecular formula is C19H18O4S. The highest BCUT2D eigenvalue weighted by Gasteiger charge is 2.05. The zero-order valence-corrected chi connectivity index (χ0v) is 13.7. The summed E-state index contributed by atoms with van der Waals surface area (Å²) in [5.74, 6) is 0.777. The molecule has 0 unspecified atom stereocenters. The van der Waals surface area contributed by atoms with Crippen LogP contribution in [0.1, 0.15) is 0 Å². The maximum Gasteiger partial charge on any atom is 0.129 e. The molecule has 0 aliphatic carbocycles. The van der Waals surface area contributed by atoms with Gasteiger partial charge in [-0.15, -0.1) is 0 Å². The maximum atomic E-state index is 9.56. The largest absolute Gasteiger partial charge is 0.508 e. The molecule has 3 aromatic carbocycles. The van der Waals surface area contributed by atoms with Gasteiger partial charge >= 0.3 is 0 Å². The molecule has 4 nitrogen and oxygen atoms in total. The summed E-state index contributed by atoms with van der Waals surface area (Å²) in [5, 5.41) is 27.8. The molecule has 3 N–H and O–H groups in total. The van der Waals surface area contributed by atoms with Gasteiger partial charge in [0, 0.05) is 0 Å². The van der Waals surface area contributed by atoms with E-state index in [9.17, 15) is 10.2 Å². The number of phenolic OH excluding ortho intramolecular Hbond substituents is 3. The molecule has 0 bridgehead atoms. The summed E-state index contributed by atoms with van der Waals surface area (Å²) in [6.45, 7) is 2.00. The first-order valence-corrected chi connectivity index (χ1v) is 7.75. The Balaban J connectivity index is 0.000000268. The minimum atomic E-state index is 0.228. The van der Waals surface area contributed by atoms with E-state index in [1.165, 1.54) is 11.8 Å². The minimum Gasteiger partial charge on any atom is -0.508 e. The van der Waals surface area contributed by atoms with E-state index in [2.05, 4.69) is 0 Å². The van der Waals surface area contributed by atoms with Crippen molar-refractivity contribution in [2.45, 2.75) is 9.79 Å². The summed E-state index contributed by atoms with van der Waals surface area (Å²) < 4.78 is 0. The second kappa shape index (κ2) is 10.7. The van der Waals surface area contributed by atoms with Crippen LogP contribution in [-0.4, -0.2) is 22.1 Å². The fraction of sp³-hybridized carbons (Fsp3) is 0. The van der Waals surface area contributed by atoms with Crippen molar-refractivity contribution < 1.29 is 20.1 Å². The third-order valence-corrected chi connectivity index (χ3v) is 3.84. The van der Waals surface area contributed by atoms with Gasteiger partial charge in [-0.3, -0.25) is 0 Å². The van der Waals surface area contributed by atoms with Gasteiger partial charge in [0.2, 0.25) is 0 Å². The average Bonchev–Trinajstić information content (AvgIpc) is 2.62. The number of carbonyl (C=O) groups excluding carboxylic acids is 1. The monoisotopic (exact) mass is 342 g/mol. The molecule has 0 atom stereocenters.